The highest BCUT2D eigenvalue weighted by Gasteiger charge is 2.41. The van der Waals surface area contributed by atoms with Crippen LogP contribution in [0.15, 0.2) is 42.6 Å². The zero-order valence-electron chi connectivity index (χ0n) is 24.6. The molecular formula is C32H35F2IN4O5. The van der Waals surface area contributed by atoms with E-state index in [9.17, 15) is 23.6 Å². The molecule has 2 atom stereocenters. The van der Waals surface area contributed by atoms with Gasteiger partial charge in [0.25, 0.3) is 5.91 Å². The summed E-state index contributed by atoms with van der Waals surface area (Å²) < 4.78 is 37.0. The number of methoxy groups -OCH3 is 1. The first-order valence-electron chi connectivity index (χ1n) is 14.6. The van der Waals surface area contributed by atoms with Crippen LogP contribution in [0.5, 0.6) is 0 Å². The van der Waals surface area contributed by atoms with E-state index in [0.29, 0.717) is 46.9 Å². The molecule has 2 heterocycles. The number of anilines is 1. The monoisotopic (exact) mass is 720 g/mol. The van der Waals surface area contributed by atoms with E-state index in [2.05, 4.69) is 33.2 Å². The third-order valence-corrected chi connectivity index (χ3v) is 9.45. The number of para-hydroxylation sites is 1. The lowest BCUT2D eigenvalue weighted by Crippen LogP contribution is -2.50. The number of halogens is 3. The van der Waals surface area contributed by atoms with Gasteiger partial charge in [-0.25, -0.2) is 8.78 Å². The van der Waals surface area contributed by atoms with Crippen molar-refractivity contribution in [1.82, 2.24) is 14.8 Å². The van der Waals surface area contributed by atoms with Crippen LogP contribution in [0.4, 0.5) is 14.5 Å². The molecule has 2 aliphatic rings. The number of carbonyl (C=O) groups excluding carboxylic acids is 4. The van der Waals surface area contributed by atoms with Crippen LogP contribution in [0.1, 0.15) is 53.6 Å². The summed E-state index contributed by atoms with van der Waals surface area (Å²) in [4.78, 5) is 52.6. The third kappa shape index (κ3) is 6.74. The first kappa shape index (κ1) is 31.9. The van der Waals surface area contributed by atoms with Gasteiger partial charge in [0.1, 0.15) is 18.0 Å². The van der Waals surface area contributed by atoms with E-state index >= 15 is 4.39 Å². The molecule has 1 aromatic heterocycles. The van der Waals surface area contributed by atoms with E-state index in [1.807, 2.05) is 35.9 Å². The molecule has 0 bridgehead atoms. The second-order valence-corrected chi connectivity index (χ2v) is 12.3. The van der Waals surface area contributed by atoms with Crippen molar-refractivity contribution >= 4 is 62.9 Å². The summed E-state index contributed by atoms with van der Waals surface area (Å²) in [5.41, 5.74) is 2.38. The van der Waals surface area contributed by atoms with E-state index in [4.69, 9.17) is 4.74 Å². The molecule has 0 radical (unpaired) electrons. The summed E-state index contributed by atoms with van der Waals surface area (Å²) in [5.74, 6) is -2.52. The molecule has 1 saturated carbocycles. The van der Waals surface area contributed by atoms with Gasteiger partial charge in [0, 0.05) is 46.7 Å². The van der Waals surface area contributed by atoms with Gasteiger partial charge in [-0.05, 0) is 55.0 Å². The van der Waals surface area contributed by atoms with E-state index in [-0.39, 0.29) is 48.8 Å². The number of alkyl halides is 2. The Kier molecular flexibility index (Phi) is 9.86. The number of likely N-dealkylation sites (tertiary alicyclic amines) is 1. The number of rotatable bonds is 8. The van der Waals surface area contributed by atoms with Crippen LogP contribution >= 0.6 is 22.6 Å². The number of nitrogens with one attached hydrogen (secondary N) is 2. The Morgan fingerprint density at radius 3 is 2.50 bits per heavy atom. The Morgan fingerprint density at radius 2 is 1.80 bits per heavy atom. The van der Waals surface area contributed by atoms with E-state index in [0.717, 1.165) is 10.9 Å². The predicted octanol–water partition coefficient (Wildman–Crippen LogP) is 4.83. The second-order valence-electron chi connectivity index (χ2n) is 11.5. The molecule has 234 valence electrons. The SMILES string of the molecule is COC(=O)C1CCC(NC(=O)[C@@H]2C[C@H](F)CN2C(=O)Cc2cc(CI)c(NC(=O)c3cn(C)c4ccccc34)cc2F)CC1. The summed E-state index contributed by atoms with van der Waals surface area (Å²) in [6, 6.07) is 9.05. The van der Waals surface area contributed by atoms with Gasteiger partial charge in [0.2, 0.25) is 11.8 Å². The van der Waals surface area contributed by atoms with Crippen LogP contribution in [0.3, 0.4) is 0 Å². The normalized spacial score (nSPS) is 21.7. The number of hydrogen-bond acceptors (Lipinski definition) is 5. The van der Waals surface area contributed by atoms with Crippen molar-refractivity contribution in [3.63, 3.8) is 0 Å². The third-order valence-electron chi connectivity index (χ3n) is 8.63. The first-order valence-corrected chi connectivity index (χ1v) is 16.2. The number of aryl methyl sites for hydroxylation is 1. The van der Waals surface area contributed by atoms with Crippen molar-refractivity contribution in [2.24, 2.45) is 13.0 Å². The molecule has 1 aliphatic carbocycles. The van der Waals surface area contributed by atoms with Crippen LogP contribution in [-0.4, -0.2) is 65.1 Å². The van der Waals surface area contributed by atoms with Crippen LogP contribution in [0, 0.1) is 11.7 Å². The zero-order valence-corrected chi connectivity index (χ0v) is 26.7. The maximum absolute atomic E-state index is 15.4. The molecule has 3 aromatic rings. The number of amides is 3. The van der Waals surface area contributed by atoms with Gasteiger partial charge in [-0.15, -0.1) is 0 Å². The molecule has 0 spiro atoms. The van der Waals surface area contributed by atoms with Crippen molar-refractivity contribution in [2.45, 2.75) is 61.2 Å². The number of benzene rings is 2. The molecule has 12 heteroatoms. The summed E-state index contributed by atoms with van der Waals surface area (Å²) in [7, 11) is 3.20. The second kappa shape index (κ2) is 13.6. The van der Waals surface area contributed by atoms with Gasteiger partial charge >= 0.3 is 5.97 Å². The summed E-state index contributed by atoms with van der Waals surface area (Å²) in [6.07, 6.45) is 2.19. The fraction of sp³-hybridized carbons (Fsp3) is 0.438. The van der Waals surface area contributed by atoms with E-state index < -0.39 is 29.8 Å². The average Bonchev–Trinajstić information content (AvgIpc) is 3.58. The number of esters is 1. The van der Waals surface area contributed by atoms with Crippen LogP contribution in [0.2, 0.25) is 0 Å². The average molecular weight is 721 g/mol. The van der Waals surface area contributed by atoms with Crippen LogP contribution in [0.25, 0.3) is 10.9 Å². The lowest BCUT2D eigenvalue weighted by Gasteiger charge is -2.30. The predicted molar refractivity (Wildman–Crippen MR) is 170 cm³/mol. The van der Waals surface area contributed by atoms with Gasteiger partial charge < -0.3 is 24.8 Å². The Labute approximate surface area is 267 Å². The molecule has 9 nitrogen and oxygen atoms in total. The van der Waals surface area contributed by atoms with Gasteiger partial charge in [-0.1, -0.05) is 40.8 Å². The van der Waals surface area contributed by atoms with Crippen molar-refractivity contribution < 1.29 is 32.7 Å². The summed E-state index contributed by atoms with van der Waals surface area (Å²) in [6.45, 7) is -0.244. The minimum Gasteiger partial charge on any atom is -0.469 e. The van der Waals surface area contributed by atoms with Crippen molar-refractivity contribution in [3.8, 4) is 0 Å². The molecule has 44 heavy (non-hydrogen) atoms. The molecule has 0 unspecified atom stereocenters. The quantitative estimate of drug-likeness (QED) is 0.197. The lowest BCUT2D eigenvalue weighted by molar-refractivity contribution is -0.146. The first-order chi connectivity index (χ1) is 21.1. The Morgan fingerprint density at radius 1 is 1.07 bits per heavy atom. The van der Waals surface area contributed by atoms with Gasteiger partial charge in [-0.2, -0.15) is 0 Å². The number of nitrogens with zero attached hydrogens (tertiary/aromatic N) is 2. The highest BCUT2D eigenvalue weighted by atomic mass is 127. The molecular weight excluding hydrogens is 685 g/mol. The Hall–Kier alpha value is -3.55. The topological polar surface area (TPSA) is 110 Å². The Bertz CT molecular complexity index is 1590. The molecule has 2 fully saturated rings. The fourth-order valence-corrected chi connectivity index (χ4v) is 6.89. The number of carbonyl (C=O) groups is 4. The maximum atomic E-state index is 15.4. The van der Waals surface area contributed by atoms with Crippen molar-refractivity contribution in [2.75, 3.05) is 19.0 Å². The molecule has 2 N–H and O–H groups in total. The number of hydrogen-bond donors (Lipinski definition) is 2. The van der Waals surface area contributed by atoms with E-state index in [1.54, 1.807) is 6.20 Å². The largest absolute Gasteiger partial charge is 0.469 e. The molecule has 3 amide bonds. The Balaban J connectivity index is 1.25. The zero-order chi connectivity index (χ0) is 31.5. The number of fused-ring (bicyclic) bond motifs is 1. The number of ether oxygens (including phenoxy) is 1. The summed E-state index contributed by atoms with van der Waals surface area (Å²) >= 11 is 2.10. The fourth-order valence-electron chi connectivity index (χ4n) is 6.25. The lowest BCUT2D eigenvalue weighted by atomic mass is 9.86. The molecule has 1 saturated heterocycles. The van der Waals surface area contributed by atoms with E-state index in [1.165, 1.54) is 24.1 Å². The maximum Gasteiger partial charge on any atom is 0.308 e. The minimum absolute atomic E-state index is 0.104. The summed E-state index contributed by atoms with van der Waals surface area (Å²) in [5, 5.41) is 6.51. The highest BCUT2D eigenvalue weighted by molar-refractivity contribution is 14.1. The smallest absolute Gasteiger partial charge is 0.308 e. The molecule has 1 aliphatic heterocycles. The molecule has 2 aromatic carbocycles. The standard InChI is InChI=1S/C32H35F2IN4O5/c1-38-17-24(23-5-3-4-6-27(23)38)30(41)37-26-14-25(34)19(11-20(26)15-35)12-29(40)39-16-21(33)13-28(39)31(42)36-22-9-7-18(8-10-22)32(43)44-2/h3-6,11,14,17-18,21-22,28H,7-10,12-13,15-16H2,1-2H3,(H,36,42)(H,37,41)/t18?,21-,22?,28-/m0/s1. The minimum atomic E-state index is -1.37. The van der Waals surface area contributed by atoms with Crippen LogP contribution in [-0.2, 0) is 37.0 Å². The highest BCUT2D eigenvalue weighted by Crippen LogP contribution is 2.29. The molecule has 5 rings (SSSR count). The van der Waals surface area contributed by atoms with Crippen molar-refractivity contribution in [1.29, 1.82) is 0 Å². The van der Waals surface area contributed by atoms with Gasteiger partial charge in [0.15, 0.2) is 0 Å². The van der Waals surface area contributed by atoms with Crippen LogP contribution < -0.4 is 10.6 Å². The number of aromatic nitrogens is 1. The van der Waals surface area contributed by atoms with Gasteiger partial charge in [0.05, 0.1) is 31.6 Å². The van der Waals surface area contributed by atoms with Crippen molar-refractivity contribution in [3.05, 3.63) is 65.1 Å². The van der Waals surface area contributed by atoms with Gasteiger partial charge in [-0.3, -0.25) is 19.2 Å².